The second-order valence-electron chi connectivity index (χ2n) is 11.8. The smallest absolute Gasteiger partial charge is 0.346 e. The number of nitrogens with one attached hydrogen (secondary N) is 1. The van der Waals surface area contributed by atoms with Crippen LogP contribution >= 0.6 is 34.5 Å². The summed E-state index contributed by atoms with van der Waals surface area (Å²) in [5, 5.41) is 23.8. The van der Waals surface area contributed by atoms with Crippen LogP contribution in [0.5, 0.6) is 11.5 Å². The molecule has 49 heavy (non-hydrogen) atoms. The van der Waals surface area contributed by atoms with Gasteiger partial charge >= 0.3 is 11.9 Å². The number of carbonyl (C=O) groups is 2. The number of hydrogen-bond donors (Lipinski definition) is 3. The van der Waals surface area contributed by atoms with Crippen LogP contribution in [0.4, 0.5) is 4.39 Å². The molecule has 1 aliphatic heterocycles. The molecule has 1 fully saturated rings. The summed E-state index contributed by atoms with van der Waals surface area (Å²) in [5.74, 6) is -1.99. The summed E-state index contributed by atoms with van der Waals surface area (Å²) in [6, 6.07) is 11.9. The van der Waals surface area contributed by atoms with Gasteiger partial charge < -0.3 is 24.2 Å². The van der Waals surface area contributed by atoms with Crippen molar-refractivity contribution in [2.45, 2.75) is 43.9 Å². The number of halogens is 3. The molecule has 0 amide bonds. The van der Waals surface area contributed by atoms with Crippen LogP contribution in [0.25, 0.3) is 0 Å². The molecule has 1 unspecified atom stereocenters. The number of hydrogen-bond acceptors (Lipinski definition) is 9. The first-order valence-corrected chi connectivity index (χ1v) is 17.1. The fourth-order valence-corrected chi connectivity index (χ4v) is 7.57. The lowest BCUT2D eigenvalue weighted by molar-refractivity contribution is -0.904. The third-order valence-corrected chi connectivity index (χ3v) is 10.3. The molecule has 3 heterocycles. The first kappa shape index (κ1) is 36.3. The fraction of sp³-hybridized carbons (Fsp3) is 0.343. The van der Waals surface area contributed by atoms with E-state index in [4.69, 9.17) is 37.4 Å². The highest BCUT2D eigenvalue weighted by Gasteiger charge is 2.31. The van der Waals surface area contributed by atoms with Crippen molar-refractivity contribution in [3.63, 3.8) is 0 Å². The standard InChI is InChI=1S/C35H36Cl2FN3O7S/c1-40-12-10-21(11-13-40)48-35(44)32(23-6-4-5-7-29(23)38)39-17-22-15-25(33(49-22)34(42)43)24(16-26-27(36)18-41(45)19-28(26)37)20-8-9-30(46-2)31(14-20)47-3/h4-9,14-15,18-19,21,24,32,39H,10-13,16-17H2,1-3H3,(H-,42,43,45)/p+1/t24-,32?/m0/s1. The van der Waals surface area contributed by atoms with E-state index >= 15 is 4.39 Å². The van der Waals surface area contributed by atoms with Crippen molar-refractivity contribution in [2.24, 2.45) is 0 Å². The summed E-state index contributed by atoms with van der Waals surface area (Å²) >= 11 is 14.1. The number of nitrogens with zero attached hydrogens (tertiary/aromatic N) is 2. The number of aromatic nitrogens is 1. The number of esters is 1. The van der Waals surface area contributed by atoms with Crippen LogP contribution in [-0.4, -0.2) is 67.6 Å². The van der Waals surface area contributed by atoms with E-state index in [-0.39, 0.29) is 39.6 Å². The Morgan fingerprint density at radius 2 is 1.71 bits per heavy atom. The number of benzene rings is 2. The minimum atomic E-state index is -1.15. The molecule has 2 atom stereocenters. The number of methoxy groups -OCH3 is 2. The average molecular weight is 734 g/mol. The van der Waals surface area contributed by atoms with Crippen LogP contribution in [-0.2, 0) is 22.5 Å². The Bertz CT molecular complexity index is 1790. The SMILES string of the molecule is COc1ccc([C@H](Cc2c(Cl)c[n+](O)cc2Cl)c2cc(CNC(C(=O)OC3CCN(C)CC3)c3ccccc3F)sc2C(=O)O)cc1OC. The lowest BCUT2D eigenvalue weighted by Crippen LogP contribution is -2.38. The molecule has 0 spiro atoms. The molecular formula is C35H37Cl2FN3O7S+. The van der Waals surface area contributed by atoms with E-state index in [0.717, 1.165) is 29.2 Å². The van der Waals surface area contributed by atoms with Gasteiger partial charge in [0.25, 0.3) is 0 Å². The second-order valence-corrected chi connectivity index (χ2v) is 13.7. The van der Waals surface area contributed by atoms with Gasteiger partial charge in [0.2, 0.25) is 12.4 Å². The van der Waals surface area contributed by atoms with Gasteiger partial charge in [-0.2, -0.15) is 0 Å². The maximum absolute atomic E-state index is 15.0. The van der Waals surface area contributed by atoms with E-state index in [0.29, 0.717) is 45.9 Å². The van der Waals surface area contributed by atoms with Crippen molar-refractivity contribution in [3.8, 4) is 11.5 Å². The number of aromatic carboxylic acids is 1. The molecule has 5 rings (SSSR count). The highest BCUT2D eigenvalue weighted by molar-refractivity contribution is 7.14. The van der Waals surface area contributed by atoms with Crippen LogP contribution in [0.2, 0.25) is 10.0 Å². The van der Waals surface area contributed by atoms with Crippen molar-refractivity contribution in [1.29, 1.82) is 0 Å². The highest BCUT2D eigenvalue weighted by atomic mass is 35.5. The van der Waals surface area contributed by atoms with Gasteiger partial charge in [0.15, 0.2) is 11.5 Å². The zero-order chi connectivity index (χ0) is 35.2. The lowest BCUT2D eigenvalue weighted by atomic mass is 9.85. The van der Waals surface area contributed by atoms with E-state index in [9.17, 15) is 19.9 Å². The number of piperidine rings is 1. The summed E-state index contributed by atoms with van der Waals surface area (Å²) in [7, 11) is 5.02. The van der Waals surface area contributed by atoms with Crippen molar-refractivity contribution in [2.75, 3.05) is 34.4 Å². The number of carboxylic acids is 1. The van der Waals surface area contributed by atoms with Gasteiger partial charge in [-0.1, -0.05) is 47.5 Å². The van der Waals surface area contributed by atoms with Crippen molar-refractivity contribution >= 4 is 46.5 Å². The maximum Gasteiger partial charge on any atom is 0.346 e. The Balaban J connectivity index is 1.51. The Labute approximate surface area is 297 Å². The maximum atomic E-state index is 15.0. The van der Waals surface area contributed by atoms with Crippen LogP contribution in [0.3, 0.4) is 0 Å². The molecular weight excluding hydrogens is 696 g/mol. The van der Waals surface area contributed by atoms with Gasteiger partial charge in [-0.25, -0.2) is 14.0 Å². The number of thiophene rings is 1. The van der Waals surface area contributed by atoms with Gasteiger partial charge in [0, 0.05) is 46.3 Å². The monoisotopic (exact) mass is 732 g/mol. The second kappa shape index (κ2) is 16.2. The van der Waals surface area contributed by atoms with Crippen LogP contribution in [0, 0.1) is 5.82 Å². The number of likely N-dealkylation sites (tertiary alicyclic amines) is 1. The molecule has 0 aliphatic carbocycles. The third kappa shape index (κ3) is 8.63. The first-order chi connectivity index (χ1) is 23.5. The highest BCUT2D eigenvalue weighted by Crippen LogP contribution is 2.41. The normalized spacial score (nSPS) is 15.1. The largest absolute Gasteiger partial charge is 0.493 e. The average Bonchev–Trinajstić information content (AvgIpc) is 3.50. The first-order valence-electron chi connectivity index (χ1n) is 15.5. The Hall–Kier alpha value is -3.94. The molecule has 10 nitrogen and oxygen atoms in total. The van der Waals surface area contributed by atoms with E-state index in [2.05, 4.69) is 10.2 Å². The molecule has 14 heteroatoms. The van der Waals surface area contributed by atoms with E-state index in [1.165, 1.54) is 38.7 Å². The number of pyridine rings is 1. The number of rotatable bonds is 13. The van der Waals surface area contributed by atoms with Gasteiger partial charge in [-0.15, -0.1) is 11.3 Å². The van der Waals surface area contributed by atoms with Gasteiger partial charge in [0.1, 0.15) is 32.9 Å². The number of ether oxygens (including phenoxy) is 3. The molecule has 3 N–H and O–H groups in total. The van der Waals surface area contributed by atoms with Crippen molar-refractivity contribution in [1.82, 2.24) is 10.2 Å². The van der Waals surface area contributed by atoms with E-state index in [1.54, 1.807) is 36.4 Å². The molecule has 1 aliphatic rings. The predicted octanol–water partition coefficient (Wildman–Crippen LogP) is 6.28. The van der Waals surface area contributed by atoms with Gasteiger partial charge in [-0.3, -0.25) is 10.5 Å². The molecule has 2 aromatic heterocycles. The van der Waals surface area contributed by atoms with Crippen LogP contribution in [0.1, 0.15) is 61.6 Å². The molecule has 4 aromatic rings. The lowest BCUT2D eigenvalue weighted by Gasteiger charge is -2.30. The summed E-state index contributed by atoms with van der Waals surface area (Å²) < 4.78 is 32.6. The Morgan fingerprint density at radius 3 is 2.35 bits per heavy atom. The minimum absolute atomic E-state index is 0.0441. The summed E-state index contributed by atoms with van der Waals surface area (Å²) in [6.45, 7) is 1.61. The molecule has 1 saturated heterocycles. The third-order valence-electron chi connectivity index (χ3n) is 8.55. The van der Waals surface area contributed by atoms with Crippen LogP contribution < -0.4 is 19.5 Å². The number of carboxylic acid groups (broad SMARTS) is 1. The predicted molar refractivity (Wildman–Crippen MR) is 183 cm³/mol. The molecule has 2 aromatic carbocycles. The van der Waals surface area contributed by atoms with Crippen LogP contribution in [0.15, 0.2) is 60.9 Å². The minimum Gasteiger partial charge on any atom is -0.493 e. The molecule has 0 saturated carbocycles. The Kier molecular flexibility index (Phi) is 12.0. The van der Waals surface area contributed by atoms with Crippen molar-refractivity contribution < 1.29 is 43.2 Å². The summed E-state index contributed by atoms with van der Waals surface area (Å²) in [6.07, 6.45) is 3.82. The molecule has 0 radical (unpaired) electrons. The van der Waals surface area contributed by atoms with E-state index < -0.39 is 29.7 Å². The topological polar surface area (TPSA) is 121 Å². The quantitative estimate of drug-likeness (QED) is 0.0829. The Morgan fingerprint density at radius 1 is 1.04 bits per heavy atom. The van der Waals surface area contributed by atoms with Gasteiger partial charge in [0.05, 0.1) is 14.2 Å². The zero-order valence-corrected chi connectivity index (χ0v) is 29.4. The fourth-order valence-electron chi connectivity index (χ4n) is 5.95. The molecule has 260 valence electrons. The summed E-state index contributed by atoms with van der Waals surface area (Å²) in [4.78, 5) is 29.0. The van der Waals surface area contributed by atoms with Crippen molar-refractivity contribution in [3.05, 3.63) is 109 Å². The van der Waals surface area contributed by atoms with Gasteiger partial charge in [-0.05, 0) is 61.7 Å². The number of carbonyl (C=O) groups excluding carboxylic acids is 1. The molecule has 0 bridgehead atoms. The van der Waals surface area contributed by atoms with E-state index in [1.807, 2.05) is 7.05 Å². The zero-order valence-electron chi connectivity index (χ0n) is 27.1. The summed E-state index contributed by atoms with van der Waals surface area (Å²) in [5.41, 5.74) is 1.78.